The number of halogens is 3. The monoisotopic (exact) mass is 268 g/mol. The van der Waals surface area contributed by atoms with Crippen LogP contribution in [0.1, 0.15) is 0 Å². The molecule has 1 aromatic heterocycles. The summed E-state index contributed by atoms with van der Waals surface area (Å²) in [5, 5.41) is 13.3. The molecule has 0 aliphatic carbocycles. The molecule has 0 spiro atoms. The van der Waals surface area contributed by atoms with Gasteiger partial charge in [-0.2, -0.15) is 13.2 Å². The highest BCUT2D eigenvalue weighted by atomic mass is 19.4. The lowest BCUT2D eigenvalue weighted by Crippen LogP contribution is -2.42. The summed E-state index contributed by atoms with van der Waals surface area (Å²) in [4.78, 5) is 34.1. The van der Waals surface area contributed by atoms with E-state index in [4.69, 9.17) is 5.11 Å². The zero-order valence-corrected chi connectivity index (χ0v) is 8.61. The Balaban J connectivity index is 3.13. The van der Waals surface area contributed by atoms with Gasteiger partial charge in [-0.15, -0.1) is 5.10 Å². The molecule has 0 fully saturated rings. The molecule has 0 atom stereocenters. The fraction of sp³-hybridized carbons (Fsp3) is 0.429. The standard InChI is InChI=1S/C7H7F3N4O4/c8-7(9,10)2-14(1-3(15)16)4-5(17)11-6(18)13-12-4/h1-2H2,(H,15,16)(H2,11,13,17,18). The van der Waals surface area contributed by atoms with Gasteiger partial charge in [0.25, 0.3) is 5.56 Å². The lowest BCUT2D eigenvalue weighted by atomic mass is 10.4. The molecule has 0 aromatic carbocycles. The first-order chi connectivity index (χ1) is 8.19. The molecule has 3 N–H and O–H groups in total. The number of hydrogen-bond acceptors (Lipinski definition) is 5. The maximum atomic E-state index is 12.2. The largest absolute Gasteiger partial charge is 0.480 e. The summed E-state index contributed by atoms with van der Waals surface area (Å²) in [6, 6.07) is 0. The number of nitrogens with zero attached hydrogens (tertiary/aromatic N) is 2. The average molecular weight is 268 g/mol. The minimum Gasteiger partial charge on any atom is -0.480 e. The first-order valence-corrected chi connectivity index (χ1v) is 4.41. The van der Waals surface area contributed by atoms with Crippen LogP contribution in [0.5, 0.6) is 0 Å². The molecule has 1 aromatic rings. The number of hydrogen-bond donors (Lipinski definition) is 3. The Labute approximate surface area is 96.1 Å². The van der Waals surface area contributed by atoms with Crippen LogP contribution >= 0.6 is 0 Å². The van der Waals surface area contributed by atoms with Crippen LogP contribution in [-0.4, -0.2) is 45.5 Å². The number of rotatable bonds is 4. The first-order valence-electron chi connectivity index (χ1n) is 4.41. The van der Waals surface area contributed by atoms with E-state index < -0.39 is 42.3 Å². The van der Waals surface area contributed by atoms with E-state index >= 15 is 0 Å². The van der Waals surface area contributed by atoms with Crippen LogP contribution in [0.15, 0.2) is 9.59 Å². The van der Waals surface area contributed by atoms with Crippen LogP contribution in [0.4, 0.5) is 19.0 Å². The molecule has 0 saturated heterocycles. The molecule has 0 aliphatic heterocycles. The van der Waals surface area contributed by atoms with Crippen molar-refractivity contribution in [1.29, 1.82) is 0 Å². The SMILES string of the molecule is O=C(O)CN(CC(F)(F)F)c1n[nH]c(=O)[nH]c1=O. The maximum absolute atomic E-state index is 12.2. The Kier molecular flexibility index (Phi) is 3.73. The molecule has 0 bridgehead atoms. The van der Waals surface area contributed by atoms with Crippen LogP contribution < -0.4 is 16.1 Å². The van der Waals surface area contributed by atoms with Gasteiger partial charge in [-0.25, -0.2) is 9.89 Å². The Hall–Kier alpha value is -2.33. The van der Waals surface area contributed by atoms with Crippen molar-refractivity contribution in [3.8, 4) is 0 Å². The van der Waals surface area contributed by atoms with E-state index in [1.165, 1.54) is 0 Å². The molecule has 18 heavy (non-hydrogen) atoms. The highest BCUT2D eigenvalue weighted by Gasteiger charge is 2.33. The van der Waals surface area contributed by atoms with Gasteiger partial charge in [0.15, 0.2) is 0 Å². The van der Waals surface area contributed by atoms with E-state index in [2.05, 4.69) is 5.10 Å². The minimum absolute atomic E-state index is 0.192. The number of H-pyrrole nitrogens is 2. The van der Waals surface area contributed by atoms with E-state index in [0.29, 0.717) is 0 Å². The molecule has 1 heterocycles. The number of carbonyl (C=O) groups is 1. The van der Waals surface area contributed by atoms with E-state index in [1.807, 2.05) is 0 Å². The summed E-state index contributed by atoms with van der Waals surface area (Å²) in [6.07, 6.45) is -4.72. The Morgan fingerprint density at radius 2 is 2.00 bits per heavy atom. The summed E-state index contributed by atoms with van der Waals surface area (Å²) in [7, 11) is 0. The fourth-order valence-electron chi connectivity index (χ4n) is 1.14. The van der Waals surface area contributed by atoms with Crippen molar-refractivity contribution in [2.24, 2.45) is 0 Å². The van der Waals surface area contributed by atoms with Gasteiger partial charge in [-0.1, -0.05) is 0 Å². The second-order valence-corrected chi connectivity index (χ2v) is 3.20. The van der Waals surface area contributed by atoms with E-state index in [9.17, 15) is 27.6 Å². The molecule has 0 saturated carbocycles. The van der Waals surface area contributed by atoms with Gasteiger partial charge in [0.1, 0.15) is 13.1 Å². The summed E-state index contributed by atoms with van der Waals surface area (Å²) in [5.41, 5.74) is -2.21. The average Bonchev–Trinajstić information content (AvgIpc) is 2.12. The number of aromatic nitrogens is 3. The van der Waals surface area contributed by atoms with E-state index in [-0.39, 0.29) is 4.90 Å². The number of anilines is 1. The minimum atomic E-state index is -4.72. The topological polar surface area (TPSA) is 119 Å². The zero-order valence-electron chi connectivity index (χ0n) is 8.61. The summed E-state index contributed by atoms with van der Waals surface area (Å²) < 4.78 is 36.6. The van der Waals surface area contributed by atoms with Crippen molar-refractivity contribution in [2.45, 2.75) is 6.18 Å². The third-order valence-corrected chi connectivity index (χ3v) is 1.69. The van der Waals surface area contributed by atoms with Gasteiger partial charge in [0, 0.05) is 0 Å². The highest BCUT2D eigenvalue weighted by molar-refractivity contribution is 5.73. The van der Waals surface area contributed by atoms with Crippen LogP contribution in [0, 0.1) is 0 Å². The van der Waals surface area contributed by atoms with Crippen LogP contribution in [0.2, 0.25) is 0 Å². The Morgan fingerprint density at radius 1 is 1.39 bits per heavy atom. The molecule has 100 valence electrons. The van der Waals surface area contributed by atoms with Gasteiger partial charge in [-0.3, -0.25) is 14.6 Å². The van der Waals surface area contributed by atoms with Crippen molar-refractivity contribution in [1.82, 2.24) is 15.2 Å². The Bertz CT molecular complexity index is 549. The van der Waals surface area contributed by atoms with Crippen molar-refractivity contribution in [3.63, 3.8) is 0 Å². The molecule has 0 unspecified atom stereocenters. The third-order valence-electron chi connectivity index (χ3n) is 1.69. The van der Waals surface area contributed by atoms with Crippen molar-refractivity contribution in [2.75, 3.05) is 18.0 Å². The van der Waals surface area contributed by atoms with Gasteiger partial charge >= 0.3 is 17.8 Å². The van der Waals surface area contributed by atoms with Crippen molar-refractivity contribution < 1.29 is 23.1 Å². The van der Waals surface area contributed by atoms with Gasteiger partial charge in [-0.05, 0) is 0 Å². The molecule has 1 rings (SSSR count). The lowest BCUT2D eigenvalue weighted by molar-refractivity contribution is -0.136. The highest BCUT2D eigenvalue weighted by Crippen LogP contribution is 2.18. The number of aliphatic carboxylic acids is 1. The normalized spacial score (nSPS) is 11.3. The predicted molar refractivity (Wildman–Crippen MR) is 51.4 cm³/mol. The number of aromatic amines is 2. The number of nitrogens with one attached hydrogen (secondary N) is 2. The molecular weight excluding hydrogens is 261 g/mol. The van der Waals surface area contributed by atoms with Crippen LogP contribution in [0.3, 0.4) is 0 Å². The second-order valence-electron chi connectivity index (χ2n) is 3.20. The predicted octanol–water partition coefficient (Wildman–Crippen LogP) is -1.09. The zero-order chi connectivity index (χ0) is 13.9. The molecule has 8 nitrogen and oxygen atoms in total. The summed E-state index contributed by atoms with van der Waals surface area (Å²) >= 11 is 0. The third kappa shape index (κ3) is 3.92. The summed E-state index contributed by atoms with van der Waals surface area (Å²) in [6.45, 7) is -2.76. The number of alkyl halides is 3. The van der Waals surface area contributed by atoms with Crippen LogP contribution in [0.25, 0.3) is 0 Å². The fourth-order valence-corrected chi connectivity index (χ4v) is 1.14. The maximum Gasteiger partial charge on any atom is 0.405 e. The van der Waals surface area contributed by atoms with Gasteiger partial charge < -0.3 is 10.0 Å². The molecule has 11 heteroatoms. The van der Waals surface area contributed by atoms with Gasteiger partial charge in [0.05, 0.1) is 0 Å². The second kappa shape index (κ2) is 4.89. The molecular formula is C7H7F3N4O4. The van der Waals surface area contributed by atoms with Gasteiger partial charge in [0.2, 0.25) is 5.82 Å². The smallest absolute Gasteiger partial charge is 0.405 e. The van der Waals surface area contributed by atoms with E-state index in [0.717, 1.165) is 0 Å². The Morgan fingerprint density at radius 3 is 2.44 bits per heavy atom. The van der Waals surface area contributed by atoms with Crippen LogP contribution in [-0.2, 0) is 4.79 Å². The lowest BCUT2D eigenvalue weighted by Gasteiger charge is -2.21. The molecule has 0 amide bonds. The van der Waals surface area contributed by atoms with E-state index in [1.54, 1.807) is 10.1 Å². The first kappa shape index (κ1) is 13.7. The number of carboxylic acid groups (broad SMARTS) is 1. The summed E-state index contributed by atoms with van der Waals surface area (Å²) in [5.74, 6) is -2.40. The molecule has 0 radical (unpaired) electrons. The number of carboxylic acids is 1. The van der Waals surface area contributed by atoms with Crippen molar-refractivity contribution in [3.05, 3.63) is 20.8 Å². The van der Waals surface area contributed by atoms with Crippen molar-refractivity contribution >= 4 is 11.8 Å². The molecule has 0 aliphatic rings. The quantitative estimate of drug-likeness (QED) is 0.638.